The molecule has 0 aliphatic heterocycles. The van der Waals surface area contributed by atoms with E-state index in [1.165, 1.54) is 6.92 Å². The lowest BCUT2D eigenvalue weighted by Gasteiger charge is -2.63. The number of fused-ring (bicyclic) bond motifs is 3. The van der Waals surface area contributed by atoms with Gasteiger partial charge in [0, 0.05) is 16.7 Å². The van der Waals surface area contributed by atoms with Gasteiger partial charge in [0.05, 0.1) is 17.2 Å². The minimum atomic E-state index is -2.87. The molecule has 0 spiro atoms. The molecule has 0 bridgehead atoms. The van der Waals surface area contributed by atoms with E-state index >= 15 is 0 Å². The quantitative estimate of drug-likeness (QED) is 0.389. The Morgan fingerprint density at radius 2 is 1.61 bits per heavy atom. The van der Waals surface area contributed by atoms with Gasteiger partial charge >= 0.3 is 0 Å². The molecule has 6 atom stereocenters. The number of carbonyl (C=O) groups is 3. The molecule has 5 N–H and O–H groups in total. The van der Waals surface area contributed by atoms with Crippen molar-refractivity contribution in [2.45, 2.75) is 73.0 Å². The highest BCUT2D eigenvalue weighted by Gasteiger charge is 2.76. The number of ketones is 3. The van der Waals surface area contributed by atoms with Crippen molar-refractivity contribution in [1.82, 2.24) is 0 Å². The summed E-state index contributed by atoms with van der Waals surface area (Å²) >= 11 is 0. The number of aliphatic hydroxyl groups is 4. The number of Topliss-reactive ketones (excluding diaryl/α,β-unsaturated/α-hetero) is 3. The first kappa shape index (κ1) is 26.1. The normalized spacial score (nSPS) is 36.1. The number of aryl methyl sites for hydroxylation is 2. The second kappa shape index (κ2) is 7.52. The second-order valence-corrected chi connectivity index (χ2v) is 11.5. The lowest BCUT2D eigenvalue weighted by Crippen LogP contribution is -2.73. The molecule has 0 radical (unpaired) electrons. The molecular weight excluding hydrogens is 464 g/mol. The summed E-state index contributed by atoms with van der Waals surface area (Å²) in [5.41, 5.74) is -5.73. The number of rotatable bonds is 2. The van der Waals surface area contributed by atoms with Crippen LogP contribution < -0.4 is 0 Å². The molecule has 0 fully saturated rings. The molecule has 1 unspecified atom stereocenters. The van der Waals surface area contributed by atoms with Crippen LogP contribution in [0.4, 0.5) is 0 Å². The summed E-state index contributed by atoms with van der Waals surface area (Å²) in [6.07, 6.45) is -1.62. The molecule has 3 aliphatic rings. The summed E-state index contributed by atoms with van der Waals surface area (Å²) < 4.78 is 0. The highest BCUT2D eigenvalue weighted by atomic mass is 16.4. The number of hydrogen-bond donors (Lipinski definition) is 5. The molecule has 8 nitrogen and oxygen atoms in total. The van der Waals surface area contributed by atoms with Crippen LogP contribution in [0.2, 0.25) is 0 Å². The Morgan fingerprint density at radius 1 is 1.06 bits per heavy atom. The minimum absolute atomic E-state index is 0.0488. The van der Waals surface area contributed by atoms with Crippen LogP contribution in [0.5, 0.6) is 5.75 Å². The van der Waals surface area contributed by atoms with Gasteiger partial charge in [-0.1, -0.05) is 40.7 Å². The standard InChI is InChI=1S/C28H34O8/c1-10(2)18-21(31)16(14(6)29)23(33)28(36)24(34)19-22(32)17-15(11(3)9-12(4)20(17)30)13(5)26(19,7)25(35)27(18,28)8/h9-10,13,18,25,30-31,34-36H,1-8H3/t13-,18?,25-,26+,27+,28+/m1/s1. The zero-order valence-corrected chi connectivity index (χ0v) is 21.8. The van der Waals surface area contributed by atoms with Crippen LogP contribution in [-0.4, -0.2) is 54.6 Å². The Balaban J connectivity index is 2.20. The molecule has 0 aromatic heterocycles. The first-order chi connectivity index (χ1) is 16.4. The third kappa shape index (κ3) is 2.59. The third-order valence-electron chi connectivity index (χ3n) is 9.33. The van der Waals surface area contributed by atoms with E-state index in [4.69, 9.17) is 0 Å². The lowest BCUT2D eigenvalue weighted by molar-refractivity contribution is -0.211. The van der Waals surface area contributed by atoms with Crippen molar-refractivity contribution < 1.29 is 39.9 Å². The molecule has 194 valence electrons. The highest BCUT2D eigenvalue weighted by molar-refractivity contribution is 6.25. The molecule has 0 saturated carbocycles. The molecular formula is C28H34O8. The van der Waals surface area contributed by atoms with Crippen LogP contribution in [0.25, 0.3) is 0 Å². The first-order valence-corrected chi connectivity index (χ1v) is 12.1. The van der Waals surface area contributed by atoms with Gasteiger partial charge in [-0.2, -0.15) is 0 Å². The average Bonchev–Trinajstić information content (AvgIpc) is 2.76. The van der Waals surface area contributed by atoms with Crippen LogP contribution in [0.15, 0.2) is 28.7 Å². The Morgan fingerprint density at radius 3 is 2.11 bits per heavy atom. The van der Waals surface area contributed by atoms with Gasteiger partial charge in [0.25, 0.3) is 0 Å². The van der Waals surface area contributed by atoms with Crippen LogP contribution in [0.3, 0.4) is 0 Å². The molecule has 0 saturated heterocycles. The van der Waals surface area contributed by atoms with E-state index in [1.54, 1.807) is 47.6 Å². The van der Waals surface area contributed by atoms with Crippen LogP contribution in [0, 0.1) is 36.5 Å². The van der Waals surface area contributed by atoms with Crippen molar-refractivity contribution in [3.63, 3.8) is 0 Å². The second-order valence-electron chi connectivity index (χ2n) is 11.5. The molecule has 36 heavy (non-hydrogen) atoms. The molecule has 0 heterocycles. The van der Waals surface area contributed by atoms with E-state index < -0.39 is 74.7 Å². The van der Waals surface area contributed by atoms with E-state index in [2.05, 4.69) is 0 Å². The summed E-state index contributed by atoms with van der Waals surface area (Å²) in [7, 11) is 0. The summed E-state index contributed by atoms with van der Waals surface area (Å²) in [4.78, 5) is 40.1. The number of aromatic hydroxyl groups is 1. The maximum absolute atomic E-state index is 14.0. The third-order valence-corrected chi connectivity index (χ3v) is 9.33. The minimum Gasteiger partial charge on any atom is -0.511 e. The fraction of sp³-hybridized carbons (Fsp3) is 0.536. The topological polar surface area (TPSA) is 152 Å². The average molecular weight is 499 g/mol. The molecule has 8 heteroatoms. The number of benzene rings is 1. The molecule has 3 aliphatic carbocycles. The zero-order chi connectivity index (χ0) is 27.4. The van der Waals surface area contributed by atoms with Crippen LogP contribution in [0.1, 0.15) is 74.5 Å². The van der Waals surface area contributed by atoms with Gasteiger partial charge in [-0.05, 0) is 49.3 Å². The molecule has 1 aromatic carbocycles. The van der Waals surface area contributed by atoms with E-state index in [-0.39, 0.29) is 16.9 Å². The van der Waals surface area contributed by atoms with Crippen molar-refractivity contribution in [2.24, 2.45) is 22.7 Å². The maximum Gasteiger partial charge on any atom is 0.209 e. The predicted molar refractivity (Wildman–Crippen MR) is 131 cm³/mol. The Labute approximate surface area is 210 Å². The Kier molecular flexibility index (Phi) is 5.45. The fourth-order valence-corrected chi connectivity index (χ4v) is 7.49. The van der Waals surface area contributed by atoms with Gasteiger partial charge < -0.3 is 25.5 Å². The largest absolute Gasteiger partial charge is 0.511 e. The van der Waals surface area contributed by atoms with Gasteiger partial charge in [0.2, 0.25) is 5.78 Å². The molecule has 1 aromatic rings. The van der Waals surface area contributed by atoms with Crippen molar-refractivity contribution in [1.29, 1.82) is 0 Å². The number of hydrogen-bond acceptors (Lipinski definition) is 8. The van der Waals surface area contributed by atoms with Crippen molar-refractivity contribution in [3.05, 3.63) is 51.0 Å². The summed E-state index contributed by atoms with van der Waals surface area (Å²) in [5, 5.41) is 57.9. The van der Waals surface area contributed by atoms with E-state index in [9.17, 15) is 39.9 Å². The fourth-order valence-electron chi connectivity index (χ4n) is 7.49. The number of allylic oxidation sites excluding steroid dienone is 1. The van der Waals surface area contributed by atoms with Gasteiger partial charge in [0.15, 0.2) is 17.2 Å². The van der Waals surface area contributed by atoms with Crippen molar-refractivity contribution in [3.8, 4) is 5.75 Å². The van der Waals surface area contributed by atoms with Crippen molar-refractivity contribution in [2.75, 3.05) is 0 Å². The number of phenolic OH excluding ortho intramolecular Hbond substituents is 1. The Bertz CT molecular complexity index is 1320. The van der Waals surface area contributed by atoms with Crippen LogP contribution >= 0.6 is 0 Å². The summed E-state index contributed by atoms with van der Waals surface area (Å²) in [6.45, 7) is 12.6. The molecule has 0 amide bonds. The van der Waals surface area contributed by atoms with E-state index in [0.29, 0.717) is 16.7 Å². The monoisotopic (exact) mass is 498 g/mol. The number of aliphatic hydroxyl groups excluding tert-OH is 3. The SMILES string of the molecule is CC(=O)C1=C(O)C(C(C)C)[C@@]2(C)[C@H](O)[C@]3(C)C(=C(O)[C@@]2(O)C1=O)C(=O)c1c(O)c(C)cc(C)c1[C@H]3C. The van der Waals surface area contributed by atoms with Crippen LogP contribution in [-0.2, 0) is 9.59 Å². The zero-order valence-electron chi connectivity index (χ0n) is 21.8. The van der Waals surface area contributed by atoms with Gasteiger partial charge in [-0.3, -0.25) is 14.4 Å². The van der Waals surface area contributed by atoms with E-state index in [1.807, 2.05) is 0 Å². The van der Waals surface area contributed by atoms with Crippen molar-refractivity contribution >= 4 is 17.3 Å². The lowest BCUT2D eigenvalue weighted by atomic mass is 9.41. The first-order valence-electron chi connectivity index (χ1n) is 12.1. The smallest absolute Gasteiger partial charge is 0.209 e. The number of phenols is 1. The molecule has 4 rings (SSSR count). The number of carbonyl (C=O) groups excluding carboxylic acids is 3. The predicted octanol–water partition coefficient (Wildman–Crippen LogP) is 3.50. The van der Waals surface area contributed by atoms with Gasteiger partial charge in [0.1, 0.15) is 22.8 Å². The Hall–Kier alpha value is -2.97. The highest BCUT2D eigenvalue weighted by Crippen LogP contribution is 2.67. The van der Waals surface area contributed by atoms with Gasteiger partial charge in [-0.25, -0.2) is 0 Å². The van der Waals surface area contributed by atoms with Gasteiger partial charge in [-0.15, -0.1) is 0 Å². The summed E-state index contributed by atoms with van der Waals surface area (Å²) in [5.74, 6) is -6.90. The van der Waals surface area contributed by atoms with E-state index in [0.717, 1.165) is 6.92 Å². The maximum atomic E-state index is 14.0. The summed E-state index contributed by atoms with van der Waals surface area (Å²) in [6, 6.07) is 1.73.